The van der Waals surface area contributed by atoms with Crippen LogP contribution in [0.4, 0.5) is 0 Å². The van der Waals surface area contributed by atoms with Crippen molar-refractivity contribution >= 4 is 17.3 Å². The van der Waals surface area contributed by atoms with Crippen LogP contribution in [0.5, 0.6) is 5.75 Å². The van der Waals surface area contributed by atoms with Crippen molar-refractivity contribution in [3.05, 3.63) is 63.4 Å². The number of aryl methyl sites for hydroxylation is 2. The van der Waals surface area contributed by atoms with Crippen LogP contribution in [0, 0.1) is 13.8 Å². The molecule has 1 aromatic carbocycles. The Labute approximate surface area is 174 Å². The summed E-state index contributed by atoms with van der Waals surface area (Å²) in [6, 6.07) is 10.5. The van der Waals surface area contributed by atoms with E-state index in [0.717, 1.165) is 41.9 Å². The summed E-state index contributed by atoms with van der Waals surface area (Å²) < 4.78 is 7.76. The molecule has 1 aliphatic heterocycles. The molecule has 8 heteroatoms. The quantitative estimate of drug-likeness (QED) is 0.499. The van der Waals surface area contributed by atoms with E-state index >= 15 is 0 Å². The maximum atomic E-state index is 5.80. The molecule has 3 heterocycles. The number of hydrogen-bond acceptors (Lipinski definition) is 5. The first-order valence-corrected chi connectivity index (χ1v) is 10.6. The molecule has 0 bridgehead atoms. The summed E-state index contributed by atoms with van der Waals surface area (Å²) in [4.78, 5) is 6.11. The summed E-state index contributed by atoms with van der Waals surface area (Å²) in [6.07, 6.45) is 0.888. The van der Waals surface area contributed by atoms with Crippen LogP contribution in [0.2, 0.25) is 0 Å². The first kappa shape index (κ1) is 19.4. The van der Waals surface area contributed by atoms with Gasteiger partial charge in [-0.3, -0.25) is 0 Å². The minimum absolute atomic E-state index is 0.150. The third-order valence-corrected chi connectivity index (χ3v) is 6.24. The van der Waals surface area contributed by atoms with Crippen molar-refractivity contribution in [2.24, 2.45) is 12.0 Å². The molecule has 2 aromatic heterocycles. The molecule has 7 nitrogen and oxygen atoms in total. The van der Waals surface area contributed by atoms with Gasteiger partial charge in [0, 0.05) is 23.9 Å². The number of hydrogen-bond donors (Lipinski definition) is 2. The number of fused-ring (bicyclic) bond motifs is 1. The first-order chi connectivity index (χ1) is 14.1. The molecular weight excluding hydrogens is 384 g/mol. The summed E-state index contributed by atoms with van der Waals surface area (Å²) >= 11 is 1.75. The molecule has 1 atom stereocenters. The number of guanidine groups is 1. The van der Waals surface area contributed by atoms with Crippen molar-refractivity contribution in [2.45, 2.75) is 39.4 Å². The molecule has 1 unspecified atom stereocenters. The standard InChI is InChI=1S/C21H26N6OS/c1-14-9-11-29-19(14)12-22-21(23-13-20-26-25-15(2)27(20)3)24-17-8-10-28-18-7-5-4-6-16(17)18/h4-7,9,11,17H,8,10,12-13H2,1-3H3,(H2,22,23,24). The average Bonchev–Trinajstić information content (AvgIpc) is 3.29. The van der Waals surface area contributed by atoms with Gasteiger partial charge in [-0.1, -0.05) is 18.2 Å². The Morgan fingerprint density at radius 2 is 2.14 bits per heavy atom. The van der Waals surface area contributed by atoms with Crippen molar-refractivity contribution < 1.29 is 4.74 Å². The van der Waals surface area contributed by atoms with E-state index in [1.54, 1.807) is 11.3 Å². The second kappa shape index (κ2) is 8.65. The molecule has 152 valence electrons. The molecule has 0 amide bonds. The monoisotopic (exact) mass is 410 g/mol. The van der Waals surface area contributed by atoms with Crippen molar-refractivity contribution in [1.82, 2.24) is 25.4 Å². The van der Waals surface area contributed by atoms with E-state index in [-0.39, 0.29) is 6.04 Å². The lowest BCUT2D eigenvalue weighted by atomic mass is 10.0. The number of rotatable bonds is 5. The summed E-state index contributed by atoms with van der Waals surface area (Å²) in [7, 11) is 1.96. The Morgan fingerprint density at radius 3 is 2.90 bits per heavy atom. The fourth-order valence-corrected chi connectivity index (χ4v) is 4.14. The maximum Gasteiger partial charge on any atom is 0.192 e. The maximum absolute atomic E-state index is 5.80. The van der Waals surface area contributed by atoms with Crippen LogP contribution in [0.15, 0.2) is 40.7 Å². The van der Waals surface area contributed by atoms with Crippen molar-refractivity contribution in [3.63, 3.8) is 0 Å². The highest BCUT2D eigenvalue weighted by molar-refractivity contribution is 7.10. The summed E-state index contributed by atoms with van der Waals surface area (Å²) in [5.74, 6) is 3.42. The third-order valence-electron chi connectivity index (χ3n) is 5.22. The molecular formula is C21H26N6OS. The van der Waals surface area contributed by atoms with Crippen molar-refractivity contribution in [2.75, 3.05) is 6.61 Å². The van der Waals surface area contributed by atoms with Crippen molar-refractivity contribution in [1.29, 1.82) is 0 Å². The van der Waals surface area contributed by atoms with E-state index in [1.807, 2.05) is 36.7 Å². The van der Waals surface area contributed by atoms with E-state index in [2.05, 4.69) is 45.3 Å². The predicted octanol–water partition coefficient (Wildman–Crippen LogP) is 3.25. The Kier molecular flexibility index (Phi) is 5.80. The molecule has 0 radical (unpaired) electrons. The van der Waals surface area contributed by atoms with Gasteiger partial charge in [0.05, 0.1) is 19.2 Å². The van der Waals surface area contributed by atoms with E-state index < -0.39 is 0 Å². The Hall–Kier alpha value is -2.87. The second-order valence-corrected chi connectivity index (χ2v) is 8.14. The minimum Gasteiger partial charge on any atom is -0.493 e. The van der Waals surface area contributed by atoms with Gasteiger partial charge in [-0.2, -0.15) is 0 Å². The lowest BCUT2D eigenvalue weighted by Crippen LogP contribution is -2.40. The summed E-state index contributed by atoms with van der Waals surface area (Å²) in [6.45, 7) is 5.96. The molecule has 4 rings (SSSR count). The van der Waals surface area contributed by atoms with E-state index in [4.69, 9.17) is 9.73 Å². The number of ether oxygens (including phenoxy) is 1. The fourth-order valence-electron chi connectivity index (χ4n) is 3.30. The van der Waals surface area contributed by atoms with Gasteiger partial charge in [0.2, 0.25) is 0 Å². The highest BCUT2D eigenvalue weighted by atomic mass is 32.1. The van der Waals surface area contributed by atoms with Crippen LogP contribution in [0.1, 0.15) is 40.1 Å². The summed E-state index contributed by atoms with van der Waals surface area (Å²) in [5.41, 5.74) is 2.46. The highest BCUT2D eigenvalue weighted by Gasteiger charge is 2.22. The molecule has 29 heavy (non-hydrogen) atoms. The number of nitrogens with one attached hydrogen (secondary N) is 2. The minimum atomic E-state index is 0.150. The van der Waals surface area contributed by atoms with Crippen LogP contribution < -0.4 is 15.4 Å². The second-order valence-electron chi connectivity index (χ2n) is 7.14. The summed E-state index contributed by atoms with van der Waals surface area (Å²) in [5, 5.41) is 17.6. The number of nitrogens with zero attached hydrogens (tertiary/aromatic N) is 4. The number of para-hydroxylation sites is 1. The van der Waals surface area contributed by atoms with Crippen LogP contribution in [0.3, 0.4) is 0 Å². The zero-order chi connectivity index (χ0) is 20.2. The van der Waals surface area contributed by atoms with Gasteiger partial charge in [0.25, 0.3) is 0 Å². The number of thiophene rings is 1. The van der Waals surface area contributed by atoms with Crippen molar-refractivity contribution in [3.8, 4) is 5.75 Å². The zero-order valence-corrected chi connectivity index (χ0v) is 17.8. The zero-order valence-electron chi connectivity index (χ0n) is 17.0. The molecule has 1 aliphatic rings. The van der Waals surface area contributed by atoms with E-state index in [9.17, 15) is 0 Å². The fraction of sp³-hybridized carbons (Fsp3) is 0.381. The average molecular weight is 411 g/mol. The van der Waals surface area contributed by atoms with Gasteiger partial charge in [-0.25, -0.2) is 4.99 Å². The Bertz CT molecular complexity index is 1010. The van der Waals surface area contributed by atoms with Crippen LogP contribution >= 0.6 is 11.3 Å². The molecule has 0 spiro atoms. The van der Waals surface area contributed by atoms with Gasteiger partial charge < -0.3 is 19.9 Å². The number of aromatic nitrogens is 3. The van der Waals surface area contributed by atoms with Crippen LogP contribution in [-0.4, -0.2) is 27.3 Å². The Balaban J connectivity index is 1.53. The van der Waals surface area contributed by atoms with Gasteiger partial charge in [0.1, 0.15) is 18.1 Å². The third kappa shape index (κ3) is 4.42. The van der Waals surface area contributed by atoms with Gasteiger partial charge in [-0.05, 0) is 36.9 Å². The SMILES string of the molecule is Cc1ccsc1CNC(=NCc1nnc(C)n1C)NC1CCOc2ccccc21. The number of benzene rings is 1. The highest BCUT2D eigenvalue weighted by Crippen LogP contribution is 2.31. The predicted molar refractivity (Wildman–Crippen MR) is 115 cm³/mol. The molecule has 0 saturated heterocycles. The normalized spacial score (nSPS) is 16.2. The molecule has 0 fully saturated rings. The number of aliphatic imine (C=N–C) groups is 1. The largest absolute Gasteiger partial charge is 0.493 e. The van der Waals surface area contributed by atoms with Crippen LogP contribution in [0.25, 0.3) is 0 Å². The Morgan fingerprint density at radius 1 is 1.28 bits per heavy atom. The molecule has 2 N–H and O–H groups in total. The lowest BCUT2D eigenvalue weighted by Gasteiger charge is -2.28. The van der Waals surface area contributed by atoms with Crippen LogP contribution in [-0.2, 0) is 20.1 Å². The van der Waals surface area contributed by atoms with E-state index in [0.29, 0.717) is 13.2 Å². The molecule has 0 saturated carbocycles. The van der Waals surface area contributed by atoms with Gasteiger partial charge in [0.15, 0.2) is 11.8 Å². The topological polar surface area (TPSA) is 76.4 Å². The smallest absolute Gasteiger partial charge is 0.192 e. The van der Waals surface area contributed by atoms with E-state index in [1.165, 1.54) is 10.4 Å². The molecule has 3 aromatic rings. The lowest BCUT2D eigenvalue weighted by molar-refractivity contribution is 0.261. The van der Waals surface area contributed by atoms with Gasteiger partial charge >= 0.3 is 0 Å². The van der Waals surface area contributed by atoms with Gasteiger partial charge in [-0.15, -0.1) is 21.5 Å². The first-order valence-electron chi connectivity index (χ1n) is 9.76. The molecule has 0 aliphatic carbocycles.